The Hall–Kier alpha value is -1.83. The molecule has 0 spiro atoms. The molecule has 2 rings (SSSR count). The van der Waals surface area contributed by atoms with Crippen LogP contribution in [0.1, 0.15) is 30.6 Å². The van der Waals surface area contributed by atoms with Crippen molar-refractivity contribution in [2.24, 2.45) is 0 Å². The zero-order valence-electron chi connectivity index (χ0n) is 9.93. The highest BCUT2D eigenvalue weighted by molar-refractivity contribution is 5.87. The van der Waals surface area contributed by atoms with Gasteiger partial charge < -0.3 is 4.42 Å². The van der Waals surface area contributed by atoms with Crippen molar-refractivity contribution < 1.29 is 9.21 Å². The highest BCUT2D eigenvalue weighted by Gasteiger charge is 2.19. The van der Waals surface area contributed by atoms with E-state index in [1.165, 1.54) is 0 Å². The van der Waals surface area contributed by atoms with Gasteiger partial charge in [-0.05, 0) is 24.1 Å². The Bertz CT molecular complexity index is 457. The maximum atomic E-state index is 12.2. The van der Waals surface area contributed by atoms with Crippen LogP contribution in [0.5, 0.6) is 0 Å². The zero-order valence-corrected chi connectivity index (χ0v) is 9.93. The minimum Gasteiger partial charge on any atom is -0.469 e. The van der Waals surface area contributed by atoms with Gasteiger partial charge in [0.05, 0.1) is 12.7 Å². The fraction of sp³-hybridized carbons (Fsp3) is 0.267. The Morgan fingerprint density at radius 1 is 1.18 bits per heavy atom. The average molecular weight is 228 g/mol. The van der Waals surface area contributed by atoms with Crippen LogP contribution in [-0.4, -0.2) is 5.78 Å². The Labute approximate surface area is 101 Å². The fourth-order valence-electron chi connectivity index (χ4n) is 2.04. The van der Waals surface area contributed by atoms with Crippen LogP contribution in [-0.2, 0) is 11.2 Å². The SMILES string of the molecule is CCC(C(=O)Cc1ccco1)c1ccccc1. The van der Waals surface area contributed by atoms with Crippen LogP contribution >= 0.6 is 0 Å². The van der Waals surface area contributed by atoms with Gasteiger partial charge in [0.2, 0.25) is 0 Å². The molecule has 1 heterocycles. The van der Waals surface area contributed by atoms with Crippen molar-refractivity contribution in [1.82, 2.24) is 0 Å². The fourth-order valence-corrected chi connectivity index (χ4v) is 2.04. The molecule has 2 nitrogen and oxygen atoms in total. The second-order valence-corrected chi connectivity index (χ2v) is 4.09. The minimum atomic E-state index is -0.0266. The van der Waals surface area contributed by atoms with Crippen LogP contribution in [0, 0.1) is 0 Å². The molecular weight excluding hydrogens is 212 g/mol. The minimum absolute atomic E-state index is 0.0266. The van der Waals surface area contributed by atoms with Crippen LogP contribution in [0.4, 0.5) is 0 Å². The molecule has 1 atom stereocenters. The predicted octanol–water partition coefficient (Wildman–Crippen LogP) is 3.59. The number of furan rings is 1. The van der Waals surface area contributed by atoms with Gasteiger partial charge in [-0.25, -0.2) is 0 Å². The topological polar surface area (TPSA) is 30.2 Å². The van der Waals surface area contributed by atoms with E-state index in [0.29, 0.717) is 6.42 Å². The quantitative estimate of drug-likeness (QED) is 0.783. The number of rotatable bonds is 5. The van der Waals surface area contributed by atoms with E-state index in [2.05, 4.69) is 0 Å². The average Bonchev–Trinajstić information content (AvgIpc) is 2.84. The predicted molar refractivity (Wildman–Crippen MR) is 66.9 cm³/mol. The van der Waals surface area contributed by atoms with Crippen molar-refractivity contribution in [2.75, 3.05) is 0 Å². The molecule has 0 aliphatic heterocycles. The summed E-state index contributed by atoms with van der Waals surface area (Å²) in [5.41, 5.74) is 1.09. The van der Waals surface area contributed by atoms with Gasteiger partial charge in [0.25, 0.3) is 0 Å². The zero-order chi connectivity index (χ0) is 12.1. The van der Waals surface area contributed by atoms with Crippen molar-refractivity contribution in [3.8, 4) is 0 Å². The first kappa shape index (κ1) is 11.6. The first-order valence-electron chi connectivity index (χ1n) is 5.91. The lowest BCUT2D eigenvalue weighted by molar-refractivity contribution is -0.120. The molecular formula is C15H16O2. The largest absolute Gasteiger partial charge is 0.469 e. The molecule has 0 aliphatic carbocycles. The second kappa shape index (κ2) is 5.48. The molecule has 0 fully saturated rings. The van der Waals surface area contributed by atoms with Crippen LogP contribution < -0.4 is 0 Å². The first-order valence-corrected chi connectivity index (χ1v) is 5.91. The number of ketones is 1. The van der Waals surface area contributed by atoms with Gasteiger partial charge in [0.1, 0.15) is 11.5 Å². The number of hydrogen-bond acceptors (Lipinski definition) is 2. The maximum Gasteiger partial charge on any atom is 0.147 e. The smallest absolute Gasteiger partial charge is 0.147 e. The normalized spacial score (nSPS) is 12.3. The molecule has 0 saturated heterocycles. The van der Waals surface area contributed by atoms with E-state index < -0.39 is 0 Å². The molecule has 1 aromatic carbocycles. The van der Waals surface area contributed by atoms with Crippen molar-refractivity contribution in [1.29, 1.82) is 0 Å². The van der Waals surface area contributed by atoms with Gasteiger partial charge in [0, 0.05) is 5.92 Å². The molecule has 1 unspecified atom stereocenters. The van der Waals surface area contributed by atoms with Crippen LogP contribution in [0.15, 0.2) is 53.1 Å². The third kappa shape index (κ3) is 2.84. The Morgan fingerprint density at radius 3 is 2.53 bits per heavy atom. The third-order valence-corrected chi connectivity index (χ3v) is 2.93. The van der Waals surface area contributed by atoms with Crippen LogP contribution in [0.25, 0.3) is 0 Å². The Kier molecular flexibility index (Phi) is 3.76. The second-order valence-electron chi connectivity index (χ2n) is 4.09. The summed E-state index contributed by atoms with van der Waals surface area (Å²) in [6, 6.07) is 13.6. The van der Waals surface area contributed by atoms with Gasteiger partial charge in [-0.2, -0.15) is 0 Å². The third-order valence-electron chi connectivity index (χ3n) is 2.93. The number of Topliss-reactive ketones (excluding diaryl/α,β-unsaturated/α-hetero) is 1. The molecule has 17 heavy (non-hydrogen) atoms. The van der Waals surface area contributed by atoms with E-state index in [-0.39, 0.29) is 11.7 Å². The summed E-state index contributed by atoms with van der Waals surface area (Å²) < 4.78 is 5.21. The van der Waals surface area contributed by atoms with E-state index in [4.69, 9.17) is 4.42 Å². The molecule has 88 valence electrons. The molecule has 0 amide bonds. The summed E-state index contributed by atoms with van der Waals surface area (Å²) in [6.45, 7) is 2.04. The molecule has 0 bridgehead atoms. The number of benzene rings is 1. The summed E-state index contributed by atoms with van der Waals surface area (Å²) in [5, 5.41) is 0. The van der Waals surface area contributed by atoms with Gasteiger partial charge in [-0.15, -0.1) is 0 Å². The summed E-state index contributed by atoms with van der Waals surface area (Å²) >= 11 is 0. The number of carbonyl (C=O) groups is 1. The van der Waals surface area contributed by atoms with Crippen molar-refractivity contribution in [3.05, 3.63) is 60.1 Å². The molecule has 0 aliphatic rings. The first-order chi connectivity index (χ1) is 8.31. The highest BCUT2D eigenvalue weighted by atomic mass is 16.3. The monoisotopic (exact) mass is 228 g/mol. The van der Waals surface area contributed by atoms with Gasteiger partial charge in [0.15, 0.2) is 0 Å². The summed E-state index contributed by atoms with van der Waals surface area (Å²) in [7, 11) is 0. The lowest BCUT2D eigenvalue weighted by Gasteiger charge is -2.13. The maximum absolute atomic E-state index is 12.2. The lowest BCUT2D eigenvalue weighted by atomic mass is 9.90. The van der Waals surface area contributed by atoms with Gasteiger partial charge in [-0.3, -0.25) is 4.79 Å². The number of hydrogen-bond donors (Lipinski definition) is 0. The van der Waals surface area contributed by atoms with E-state index >= 15 is 0 Å². The summed E-state index contributed by atoms with van der Waals surface area (Å²) in [6.07, 6.45) is 2.80. The van der Waals surface area contributed by atoms with Crippen molar-refractivity contribution in [3.63, 3.8) is 0 Å². The van der Waals surface area contributed by atoms with Crippen LogP contribution in [0.2, 0.25) is 0 Å². The highest BCUT2D eigenvalue weighted by Crippen LogP contribution is 2.22. The van der Waals surface area contributed by atoms with Crippen LogP contribution in [0.3, 0.4) is 0 Å². The lowest BCUT2D eigenvalue weighted by Crippen LogP contribution is -2.14. The van der Waals surface area contributed by atoms with Crippen molar-refractivity contribution >= 4 is 5.78 Å². The van der Waals surface area contributed by atoms with E-state index in [1.54, 1.807) is 6.26 Å². The summed E-state index contributed by atoms with van der Waals surface area (Å²) in [4.78, 5) is 12.2. The number of carbonyl (C=O) groups excluding carboxylic acids is 1. The molecule has 1 aromatic heterocycles. The molecule has 0 N–H and O–H groups in total. The molecule has 2 aromatic rings. The Morgan fingerprint density at radius 2 is 1.94 bits per heavy atom. The van der Waals surface area contributed by atoms with Gasteiger partial charge in [-0.1, -0.05) is 37.3 Å². The summed E-state index contributed by atoms with van der Waals surface area (Å²) in [5.74, 6) is 0.930. The van der Waals surface area contributed by atoms with E-state index in [1.807, 2.05) is 49.4 Å². The van der Waals surface area contributed by atoms with Gasteiger partial charge >= 0.3 is 0 Å². The molecule has 0 radical (unpaired) electrons. The molecule has 0 saturated carbocycles. The van der Waals surface area contributed by atoms with E-state index in [9.17, 15) is 4.79 Å². The van der Waals surface area contributed by atoms with Crippen molar-refractivity contribution in [2.45, 2.75) is 25.7 Å². The Balaban J connectivity index is 2.11. The molecule has 2 heteroatoms. The standard InChI is InChI=1S/C15H16O2/c1-2-14(12-7-4-3-5-8-12)15(16)11-13-9-6-10-17-13/h3-10,14H,2,11H2,1H3. The van der Waals surface area contributed by atoms with E-state index in [0.717, 1.165) is 17.7 Å².